The van der Waals surface area contributed by atoms with Gasteiger partial charge in [-0.25, -0.2) is 13.4 Å². The van der Waals surface area contributed by atoms with E-state index in [1.807, 2.05) is 111 Å². The third kappa shape index (κ3) is 9.11. The Balaban J connectivity index is 1.10. The summed E-state index contributed by atoms with van der Waals surface area (Å²) < 4.78 is 41.4. The van der Waals surface area contributed by atoms with Crippen molar-refractivity contribution >= 4 is 44.6 Å². The van der Waals surface area contributed by atoms with E-state index in [9.17, 15) is 22.8 Å². The predicted molar refractivity (Wildman–Crippen MR) is 245 cm³/mol. The Bertz CT molecular complexity index is 2540. The molecule has 2 aliphatic carbocycles. The Labute approximate surface area is 376 Å². The molecule has 1 aromatic heterocycles. The summed E-state index contributed by atoms with van der Waals surface area (Å²) in [5.74, 6) is -2.13. The highest BCUT2D eigenvalue weighted by Crippen LogP contribution is 2.49. The van der Waals surface area contributed by atoms with Crippen molar-refractivity contribution in [1.29, 1.82) is 0 Å². The van der Waals surface area contributed by atoms with E-state index in [0.717, 1.165) is 30.4 Å². The fourth-order valence-corrected chi connectivity index (χ4v) is 11.1. The number of methoxy groups -OCH3 is 1. The fourth-order valence-electron chi connectivity index (χ4n) is 9.43. The van der Waals surface area contributed by atoms with Crippen molar-refractivity contribution in [2.45, 2.75) is 101 Å². The molecule has 2 aliphatic heterocycles. The number of sulfonamides is 1. The van der Waals surface area contributed by atoms with Gasteiger partial charge in [0.2, 0.25) is 27.7 Å². The van der Waals surface area contributed by atoms with Crippen LogP contribution in [0, 0.1) is 17.3 Å². The van der Waals surface area contributed by atoms with Gasteiger partial charge in [0.15, 0.2) is 0 Å². The summed E-state index contributed by atoms with van der Waals surface area (Å²) in [7, 11) is -2.57. The second kappa shape index (κ2) is 17.7. The molecule has 4 fully saturated rings. The highest BCUT2D eigenvalue weighted by molar-refractivity contribution is 7.91. The Morgan fingerprint density at radius 3 is 2.27 bits per heavy atom. The number of aromatic nitrogens is 1. The van der Waals surface area contributed by atoms with Crippen molar-refractivity contribution in [2.24, 2.45) is 17.3 Å². The Hall–Kier alpha value is -5.76. The number of pyridine rings is 1. The van der Waals surface area contributed by atoms with Gasteiger partial charge in [0, 0.05) is 54.9 Å². The van der Waals surface area contributed by atoms with Crippen molar-refractivity contribution in [2.75, 3.05) is 26.7 Å². The summed E-state index contributed by atoms with van der Waals surface area (Å²) >= 11 is 0. The van der Waals surface area contributed by atoms with Crippen LogP contribution in [0.4, 0.5) is 0 Å². The van der Waals surface area contributed by atoms with Crippen LogP contribution in [-0.4, -0.2) is 96.0 Å². The molecule has 2 saturated carbocycles. The van der Waals surface area contributed by atoms with E-state index in [4.69, 9.17) is 14.5 Å². The minimum atomic E-state index is -4.16. The number of ether oxygens (including phenoxy) is 2. The number of rotatable bonds is 15. The van der Waals surface area contributed by atoms with Crippen molar-refractivity contribution in [1.82, 2.24) is 24.8 Å². The summed E-state index contributed by atoms with van der Waals surface area (Å²) in [5.41, 5.74) is 0.741. The number of amides is 4. The molecular weight excluding hydrogens is 831 g/mol. The van der Waals surface area contributed by atoms with Crippen molar-refractivity contribution in [3.05, 3.63) is 103 Å². The van der Waals surface area contributed by atoms with Gasteiger partial charge in [0.1, 0.15) is 29.2 Å². The molecule has 3 aromatic carbocycles. The second-order valence-corrected chi connectivity index (χ2v) is 21.2. The molecule has 4 aromatic rings. The molecular formula is C50H59N5O8S. The number of fused-ring (bicyclic) bond motifs is 1. The van der Waals surface area contributed by atoms with Crippen LogP contribution in [0.25, 0.3) is 22.2 Å². The van der Waals surface area contributed by atoms with Gasteiger partial charge in [0.05, 0.1) is 35.5 Å². The molecule has 338 valence electrons. The van der Waals surface area contributed by atoms with Crippen LogP contribution in [0.3, 0.4) is 0 Å². The average Bonchev–Trinajstić information content (AvgIpc) is 4.19. The predicted octanol–water partition coefficient (Wildman–Crippen LogP) is 6.61. The quantitative estimate of drug-likeness (QED) is 0.125. The standard InChI is InChI=1S/C50H59N5O8S/c1-6-35-31-50(35,47(59)53-64(60,61)49(22-23-49)30-33-16-10-7-11-17-33)52-45(57)42-27-37(32-55(42)46(58)39(48(2,3)4)28-44(56)54-24-14-9-15-25-54)63-43-29-40(34-18-12-8-13-19-34)51-41-26-36(62-5)20-21-38(41)43/h6-8,10-13,16-21,26,29,35,37,39,42H,1,9,14-15,22-25,27-28,30-32H2,2-5H3,(H,52,57)(H,53,59)/t35-,37-,39?,42+,50-/m1/s1. The highest BCUT2D eigenvalue weighted by Gasteiger charge is 2.63. The van der Waals surface area contributed by atoms with E-state index in [0.29, 0.717) is 54.0 Å². The van der Waals surface area contributed by atoms with Gasteiger partial charge in [-0.15, -0.1) is 6.58 Å². The van der Waals surface area contributed by atoms with Gasteiger partial charge in [-0.2, -0.15) is 0 Å². The molecule has 3 heterocycles. The molecule has 4 aliphatic rings. The number of carbonyl (C=O) groups excluding carboxylic acids is 4. The van der Waals surface area contributed by atoms with Gasteiger partial charge in [-0.3, -0.25) is 23.9 Å². The molecule has 8 rings (SSSR count). The lowest BCUT2D eigenvalue weighted by molar-refractivity contribution is -0.148. The third-order valence-corrected chi connectivity index (χ3v) is 15.8. The summed E-state index contributed by atoms with van der Waals surface area (Å²) in [6.07, 6.45) is 4.95. The first kappa shape index (κ1) is 44.8. The number of hydrogen-bond acceptors (Lipinski definition) is 9. The lowest BCUT2D eigenvalue weighted by Gasteiger charge is -2.36. The Kier molecular flexibility index (Phi) is 12.4. The first-order valence-corrected chi connectivity index (χ1v) is 23.9. The molecule has 1 unspecified atom stereocenters. The van der Waals surface area contributed by atoms with Crippen molar-refractivity contribution in [3.63, 3.8) is 0 Å². The lowest BCUT2D eigenvalue weighted by Crippen LogP contribution is -2.58. The molecule has 14 heteroatoms. The van der Waals surface area contributed by atoms with Crippen LogP contribution in [0.1, 0.15) is 77.7 Å². The third-order valence-electron chi connectivity index (χ3n) is 13.6. The molecule has 13 nitrogen and oxygen atoms in total. The van der Waals surface area contributed by atoms with Crippen molar-refractivity contribution in [3.8, 4) is 22.8 Å². The van der Waals surface area contributed by atoms with Gasteiger partial charge in [-0.05, 0) is 68.1 Å². The summed E-state index contributed by atoms with van der Waals surface area (Å²) in [6, 6.07) is 25.2. The first-order chi connectivity index (χ1) is 30.6. The molecule has 4 amide bonds. The van der Waals surface area contributed by atoms with Gasteiger partial charge in [0.25, 0.3) is 5.91 Å². The smallest absolute Gasteiger partial charge is 0.259 e. The van der Waals surface area contributed by atoms with Gasteiger partial charge < -0.3 is 24.6 Å². The van der Waals surface area contributed by atoms with Crippen molar-refractivity contribution < 1.29 is 37.1 Å². The maximum atomic E-state index is 15.1. The maximum absolute atomic E-state index is 15.1. The number of benzene rings is 3. The fraction of sp³-hybridized carbons (Fsp3) is 0.460. The maximum Gasteiger partial charge on any atom is 0.259 e. The Morgan fingerprint density at radius 2 is 1.64 bits per heavy atom. The summed E-state index contributed by atoms with van der Waals surface area (Å²) in [5, 5.41) is 3.64. The van der Waals surface area contributed by atoms with Crippen LogP contribution in [-0.2, 0) is 35.6 Å². The van der Waals surface area contributed by atoms with E-state index >= 15 is 4.79 Å². The normalized spacial score (nSPS) is 23.2. The van der Waals surface area contributed by atoms with Crippen LogP contribution >= 0.6 is 0 Å². The SMILES string of the molecule is C=C[C@@H]1C[C@]1(NC(=O)[C@@H]1C[C@@H](Oc2cc(-c3ccccc3)nc3cc(OC)ccc23)CN1C(=O)C(CC(=O)N1CCCCC1)C(C)(C)C)C(=O)NS(=O)(=O)C1(Cc2ccccc2)CC1. The highest BCUT2D eigenvalue weighted by atomic mass is 32.2. The minimum absolute atomic E-state index is 0.0164. The average molecular weight is 890 g/mol. The van der Waals surface area contributed by atoms with Crippen LogP contribution in [0.15, 0.2) is 97.6 Å². The van der Waals surface area contributed by atoms with Gasteiger partial charge in [-0.1, -0.05) is 87.5 Å². The van der Waals surface area contributed by atoms with E-state index in [1.165, 1.54) is 4.90 Å². The van der Waals surface area contributed by atoms with Gasteiger partial charge >= 0.3 is 0 Å². The topological polar surface area (TPSA) is 164 Å². The zero-order chi connectivity index (χ0) is 45.4. The number of nitrogens with one attached hydrogen (secondary N) is 2. The number of hydrogen-bond donors (Lipinski definition) is 2. The number of nitrogens with zero attached hydrogens (tertiary/aromatic N) is 3. The molecule has 0 spiro atoms. The summed E-state index contributed by atoms with van der Waals surface area (Å²) in [4.78, 5) is 66.1. The minimum Gasteiger partial charge on any atom is -0.497 e. The largest absolute Gasteiger partial charge is 0.497 e. The first-order valence-electron chi connectivity index (χ1n) is 22.4. The van der Waals surface area contributed by atoms with Crippen LogP contribution in [0.2, 0.25) is 0 Å². The summed E-state index contributed by atoms with van der Waals surface area (Å²) in [6.45, 7) is 10.9. The van der Waals surface area contributed by atoms with E-state index < -0.39 is 61.5 Å². The zero-order valence-corrected chi connectivity index (χ0v) is 38.0. The number of likely N-dealkylation sites (tertiary alicyclic amines) is 2. The van der Waals surface area contributed by atoms with Crippen LogP contribution in [0.5, 0.6) is 11.5 Å². The molecule has 2 N–H and O–H groups in total. The van der Waals surface area contributed by atoms with E-state index in [-0.39, 0.29) is 44.0 Å². The van der Waals surface area contributed by atoms with E-state index in [2.05, 4.69) is 16.6 Å². The number of piperidine rings is 1. The number of carbonyl (C=O) groups is 4. The molecule has 2 saturated heterocycles. The zero-order valence-electron chi connectivity index (χ0n) is 37.2. The molecule has 0 bridgehead atoms. The van der Waals surface area contributed by atoms with Crippen LogP contribution < -0.4 is 19.5 Å². The second-order valence-electron chi connectivity index (χ2n) is 19.1. The Morgan fingerprint density at radius 1 is 0.953 bits per heavy atom. The lowest BCUT2D eigenvalue weighted by atomic mass is 9.77. The molecule has 64 heavy (non-hydrogen) atoms. The molecule has 5 atom stereocenters. The molecule has 0 radical (unpaired) electrons. The monoisotopic (exact) mass is 889 g/mol. The van der Waals surface area contributed by atoms with E-state index in [1.54, 1.807) is 13.2 Å².